The van der Waals surface area contributed by atoms with E-state index in [0.29, 0.717) is 32.8 Å². The van der Waals surface area contributed by atoms with Gasteiger partial charge in [-0.3, -0.25) is 4.79 Å². The second kappa shape index (κ2) is 7.69. The number of ether oxygens (including phenoxy) is 2. The van der Waals surface area contributed by atoms with Gasteiger partial charge in [-0.15, -0.1) is 6.58 Å². The van der Waals surface area contributed by atoms with Crippen molar-refractivity contribution >= 4 is 5.91 Å². The number of para-hydroxylation sites is 2. The van der Waals surface area contributed by atoms with Crippen LogP contribution in [-0.2, 0) is 4.79 Å². The lowest BCUT2D eigenvalue weighted by atomic mass is 10.2. The van der Waals surface area contributed by atoms with E-state index in [1.807, 2.05) is 31.2 Å². The highest BCUT2D eigenvalue weighted by Gasteiger charge is 2.24. The van der Waals surface area contributed by atoms with Gasteiger partial charge in [-0.25, -0.2) is 0 Å². The molecule has 0 saturated carbocycles. The molecule has 21 heavy (non-hydrogen) atoms. The van der Waals surface area contributed by atoms with Crippen molar-refractivity contribution in [3.63, 3.8) is 0 Å². The topological polar surface area (TPSA) is 50.8 Å². The summed E-state index contributed by atoms with van der Waals surface area (Å²) in [7, 11) is 0. The molecule has 0 bridgehead atoms. The maximum absolute atomic E-state index is 12.1. The van der Waals surface area contributed by atoms with Crippen molar-refractivity contribution in [3.8, 4) is 11.5 Å². The number of fused-ring (bicyclic) bond motifs is 1. The number of hydrogen-bond acceptors (Lipinski definition) is 4. The average molecular weight is 290 g/mol. The molecule has 0 spiro atoms. The van der Waals surface area contributed by atoms with Crippen LogP contribution in [0.15, 0.2) is 36.9 Å². The van der Waals surface area contributed by atoms with E-state index in [0.717, 1.165) is 11.5 Å². The molecule has 1 heterocycles. The summed E-state index contributed by atoms with van der Waals surface area (Å²) in [5, 5.41) is 3.02. The summed E-state index contributed by atoms with van der Waals surface area (Å²) in [6.07, 6.45) is 1.60. The van der Waals surface area contributed by atoms with Gasteiger partial charge in [0.2, 0.25) is 5.91 Å². The highest BCUT2D eigenvalue weighted by Crippen LogP contribution is 2.30. The molecule has 1 aliphatic heterocycles. The first-order valence-corrected chi connectivity index (χ1v) is 7.22. The van der Waals surface area contributed by atoms with Crippen LogP contribution in [0.3, 0.4) is 0 Å². The number of benzene rings is 1. The number of rotatable bonds is 7. The smallest absolute Gasteiger partial charge is 0.236 e. The van der Waals surface area contributed by atoms with Crippen LogP contribution in [0.4, 0.5) is 0 Å². The summed E-state index contributed by atoms with van der Waals surface area (Å²) >= 11 is 0. The van der Waals surface area contributed by atoms with Crippen molar-refractivity contribution in [1.29, 1.82) is 0 Å². The lowest BCUT2D eigenvalue weighted by Gasteiger charge is -2.31. The first kappa shape index (κ1) is 15.4. The summed E-state index contributed by atoms with van der Waals surface area (Å²) in [5.74, 6) is 1.56. The number of amides is 1. The Kier molecular flexibility index (Phi) is 5.63. The fourth-order valence-electron chi connectivity index (χ4n) is 2.20. The quantitative estimate of drug-likeness (QED) is 0.610. The minimum absolute atomic E-state index is 0.0572. The van der Waals surface area contributed by atoms with Crippen molar-refractivity contribution in [1.82, 2.24) is 10.2 Å². The minimum Gasteiger partial charge on any atom is -0.486 e. The molecule has 2 rings (SSSR count). The van der Waals surface area contributed by atoms with Crippen molar-refractivity contribution in [3.05, 3.63) is 36.9 Å². The Hall–Kier alpha value is -2.01. The fourth-order valence-corrected chi connectivity index (χ4v) is 2.20. The molecule has 1 atom stereocenters. The molecule has 5 heteroatoms. The summed E-state index contributed by atoms with van der Waals surface area (Å²) < 4.78 is 11.6. The predicted molar refractivity (Wildman–Crippen MR) is 81.7 cm³/mol. The van der Waals surface area contributed by atoms with Gasteiger partial charge in [0, 0.05) is 13.1 Å². The molecule has 0 aromatic heterocycles. The first-order valence-electron chi connectivity index (χ1n) is 7.22. The van der Waals surface area contributed by atoms with E-state index in [1.54, 1.807) is 11.0 Å². The third-order valence-corrected chi connectivity index (χ3v) is 3.29. The molecule has 1 N–H and O–H groups in total. The van der Waals surface area contributed by atoms with Crippen LogP contribution < -0.4 is 14.8 Å². The van der Waals surface area contributed by atoms with Gasteiger partial charge in [0.15, 0.2) is 17.6 Å². The lowest BCUT2D eigenvalue weighted by Crippen LogP contribution is -2.46. The third-order valence-electron chi connectivity index (χ3n) is 3.29. The number of likely N-dealkylation sites (N-methyl/N-ethyl adjacent to an activating group) is 1. The molecule has 0 fully saturated rings. The van der Waals surface area contributed by atoms with E-state index < -0.39 is 0 Å². The van der Waals surface area contributed by atoms with Gasteiger partial charge in [-0.05, 0) is 19.1 Å². The van der Waals surface area contributed by atoms with Crippen molar-refractivity contribution in [2.24, 2.45) is 0 Å². The maximum Gasteiger partial charge on any atom is 0.236 e. The SMILES string of the molecule is C=CCNCC(=O)N(CC)CC1COc2ccccc2O1. The minimum atomic E-state index is -0.136. The normalized spacial score (nSPS) is 16.3. The van der Waals surface area contributed by atoms with E-state index in [9.17, 15) is 4.79 Å². The van der Waals surface area contributed by atoms with Crippen molar-refractivity contribution in [2.45, 2.75) is 13.0 Å². The number of carbonyl (C=O) groups is 1. The number of carbonyl (C=O) groups excluding carboxylic acids is 1. The molecular formula is C16H22N2O3. The van der Waals surface area contributed by atoms with E-state index in [1.165, 1.54) is 0 Å². The fraction of sp³-hybridized carbons (Fsp3) is 0.438. The van der Waals surface area contributed by atoms with Crippen molar-refractivity contribution in [2.75, 3.05) is 32.8 Å². The molecule has 1 unspecified atom stereocenters. The van der Waals surface area contributed by atoms with Crippen LogP contribution in [0.2, 0.25) is 0 Å². The maximum atomic E-state index is 12.1. The monoisotopic (exact) mass is 290 g/mol. The van der Waals surface area contributed by atoms with Gasteiger partial charge < -0.3 is 19.7 Å². The zero-order valence-electron chi connectivity index (χ0n) is 12.4. The van der Waals surface area contributed by atoms with Crippen LogP contribution in [0.5, 0.6) is 11.5 Å². The van der Waals surface area contributed by atoms with Crippen LogP contribution >= 0.6 is 0 Å². The zero-order valence-corrected chi connectivity index (χ0v) is 12.4. The molecule has 5 nitrogen and oxygen atoms in total. The Bertz CT molecular complexity index is 490. The van der Waals surface area contributed by atoms with Gasteiger partial charge in [0.25, 0.3) is 0 Å². The van der Waals surface area contributed by atoms with Crippen LogP contribution in [0, 0.1) is 0 Å². The molecule has 1 aliphatic rings. The van der Waals surface area contributed by atoms with Crippen LogP contribution in [0.25, 0.3) is 0 Å². The molecule has 1 aromatic carbocycles. The molecule has 0 radical (unpaired) electrons. The molecule has 0 saturated heterocycles. The Morgan fingerprint density at radius 3 is 2.95 bits per heavy atom. The number of nitrogens with one attached hydrogen (secondary N) is 1. The molecule has 114 valence electrons. The summed E-state index contributed by atoms with van der Waals surface area (Å²) in [6.45, 7) is 8.14. The van der Waals surface area contributed by atoms with Gasteiger partial charge in [-0.1, -0.05) is 18.2 Å². The lowest BCUT2D eigenvalue weighted by molar-refractivity contribution is -0.131. The van der Waals surface area contributed by atoms with E-state index in [4.69, 9.17) is 9.47 Å². The van der Waals surface area contributed by atoms with Gasteiger partial charge in [0.1, 0.15) is 6.61 Å². The summed E-state index contributed by atoms with van der Waals surface area (Å²) in [6, 6.07) is 7.58. The van der Waals surface area contributed by atoms with Gasteiger partial charge in [0.05, 0.1) is 13.1 Å². The molecule has 1 aromatic rings. The third kappa shape index (κ3) is 4.23. The predicted octanol–water partition coefficient (Wildman–Crippen LogP) is 1.45. The Morgan fingerprint density at radius 2 is 2.24 bits per heavy atom. The number of hydrogen-bond donors (Lipinski definition) is 1. The van der Waals surface area contributed by atoms with Crippen molar-refractivity contribution < 1.29 is 14.3 Å². The van der Waals surface area contributed by atoms with Gasteiger partial charge >= 0.3 is 0 Å². The Morgan fingerprint density at radius 1 is 1.48 bits per heavy atom. The summed E-state index contributed by atoms with van der Waals surface area (Å²) in [4.78, 5) is 13.9. The molecular weight excluding hydrogens is 268 g/mol. The van der Waals surface area contributed by atoms with E-state index in [2.05, 4.69) is 11.9 Å². The Balaban J connectivity index is 1.88. The first-order chi connectivity index (χ1) is 10.2. The highest BCUT2D eigenvalue weighted by molar-refractivity contribution is 5.78. The largest absolute Gasteiger partial charge is 0.486 e. The molecule has 1 amide bonds. The second-order valence-electron chi connectivity index (χ2n) is 4.85. The van der Waals surface area contributed by atoms with Crippen LogP contribution in [0.1, 0.15) is 6.92 Å². The van der Waals surface area contributed by atoms with E-state index >= 15 is 0 Å². The Labute approximate surface area is 125 Å². The summed E-state index contributed by atoms with van der Waals surface area (Å²) in [5.41, 5.74) is 0. The zero-order chi connectivity index (χ0) is 15.1. The number of nitrogens with zero attached hydrogens (tertiary/aromatic N) is 1. The molecule has 0 aliphatic carbocycles. The second-order valence-corrected chi connectivity index (χ2v) is 4.85. The standard InChI is InChI=1S/C16H22N2O3/c1-3-9-17-10-16(19)18(4-2)11-13-12-20-14-7-5-6-8-15(14)21-13/h3,5-8,13,17H,1,4,9-12H2,2H3. The van der Waals surface area contributed by atoms with E-state index in [-0.39, 0.29) is 12.0 Å². The van der Waals surface area contributed by atoms with Gasteiger partial charge in [-0.2, -0.15) is 0 Å². The highest BCUT2D eigenvalue weighted by atomic mass is 16.6. The average Bonchev–Trinajstić information content (AvgIpc) is 2.52. The van der Waals surface area contributed by atoms with Crippen LogP contribution in [-0.4, -0.2) is 49.7 Å².